The van der Waals surface area contributed by atoms with E-state index in [0.29, 0.717) is 19.5 Å². The lowest BCUT2D eigenvalue weighted by atomic mass is 9.90. The summed E-state index contributed by atoms with van der Waals surface area (Å²) in [5, 5.41) is 3.25. The van der Waals surface area contributed by atoms with Crippen LogP contribution in [0.1, 0.15) is 24.0 Å². The van der Waals surface area contributed by atoms with Gasteiger partial charge in [0.15, 0.2) is 0 Å². The van der Waals surface area contributed by atoms with Gasteiger partial charge in [0.25, 0.3) is 0 Å². The summed E-state index contributed by atoms with van der Waals surface area (Å²) < 4.78 is 0. The highest BCUT2D eigenvalue weighted by molar-refractivity contribution is 5.88. The topological polar surface area (TPSA) is 75.4 Å². The van der Waals surface area contributed by atoms with Crippen molar-refractivity contribution in [3.63, 3.8) is 0 Å². The molecule has 2 aliphatic rings. The smallest absolute Gasteiger partial charge is 0.240 e. The van der Waals surface area contributed by atoms with Crippen molar-refractivity contribution in [2.45, 2.75) is 31.8 Å². The van der Waals surface area contributed by atoms with Crippen LogP contribution in [0.25, 0.3) is 0 Å². The first-order chi connectivity index (χ1) is 10.2. The van der Waals surface area contributed by atoms with E-state index < -0.39 is 11.9 Å². The average molecular weight is 287 g/mol. The van der Waals surface area contributed by atoms with Crippen molar-refractivity contribution in [2.75, 3.05) is 13.1 Å². The van der Waals surface area contributed by atoms with Gasteiger partial charge >= 0.3 is 0 Å². The van der Waals surface area contributed by atoms with Crippen LogP contribution in [0.4, 0.5) is 0 Å². The van der Waals surface area contributed by atoms with E-state index in [1.165, 1.54) is 0 Å². The third-order valence-corrected chi connectivity index (χ3v) is 4.51. The van der Waals surface area contributed by atoms with Crippen LogP contribution in [0.15, 0.2) is 24.3 Å². The summed E-state index contributed by atoms with van der Waals surface area (Å²) in [6.07, 6.45) is 2.41. The summed E-state index contributed by atoms with van der Waals surface area (Å²) in [6.45, 7) is 2.15. The molecule has 1 fully saturated rings. The van der Waals surface area contributed by atoms with Crippen LogP contribution >= 0.6 is 0 Å². The maximum atomic E-state index is 12.8. The molecule has 5 heteroatoms. The number of primary amides is 1. The fraction of sp³-hybridized carbons (Fsp3) is 0.500. The van der Waals surface area contributed by atoms with Crippen molar-refractivity contribution < 1.29 is 9.59 Å². The Kier molecular flexibility index (Phi) is 3.92. The van der Waals surface area contributed by atoms with Gasteiger partial charge in [0, 0.05) is 19.5 Å². The lowest BCUT2D eigenvalue weighted by Crippen LogP contribution is -2.54. The number of hydrogen-bond acceptors (Lipinski definition) is 3. The van der Waals surface area contributed by atoms with Crippen molar-refractivity contribution in [3.8, 4) is 0 Å². The Morgan fingerprint density at radius 2 is 2.00 bits per heavy atom. The molecular weight excluding hydrogens is 266 g/mol. The van der Waals surface area contributed by atoms with E-state index in [9.17, 15) is 9.59 Å². The number of amides is 2. The van der Waals surface area contributed by atoms with Gasteiger partial charge in [-0.3, -0.25) is 9.59 Å². The number of benzene rings is 1. The van der Waals surface area contributed by atoms with Crippen molar-refractivity contribution in [1.82, 2.24) is 10.2 Å². The molecule has 2 amide bonds. The lowest BCUT2D eigenvalue weighted by molar-refractivity contribution is -0.144. The van der Waals surface area contributed by atoms with E-state index in [-0.39, 0.29) is 11.8 Å². The molecule has 112 valence electrons. The molecule has 0 aromatic heterocycles. The van der Waals surface area contributed by atoms with Gasteiger partial charge < -0.3 is 16.0 Å². The second-order valence-corrected chi connectivity index (χ2v) is 5.90. The summed E-state index contributed by atoms with van der Waals surface area (Å²) in [6, 6.07) is 7.43. The zero-order valence-corrected chi connectivity index (χ0v) is 12.0. The second-order valence-electron chi connectivity index (χ2n) is 5.90. The van der Waals surface area contributed by atoms with Gasteiger partial charge in [-0.2, -0.15) is 0 Å². The summed E-state index contributed by atoms with van der Waals surface area (Å²) in [7, 11) is 0. The molecule has 1 aromatic carbocycles. The SMILES string of the molecule is NC(=O)C1Cc2ccccc2CN1C(=O)C1CCCNC1. The first kappa shape index (κ1) is 14.1. The van der Waals surface area contributed by atoms with Crippen LogP contribution in [-0.2, 0) is 22.6 Å². The number of nitrogens with two attached hydrogens (primary N) is 1. The Labute approximate surface area is 124 Å². The molecule has 0 spiro atoms. The summed E-state index contributed by atoms with van der Waals surface area (Å²) in [5.74, 6) is -0.395. The Balaban J connectivity index is 1.85. The second kappa shape index (κ2) is 5.85. The number of hydrogen-bond donors (Lipinski definition) is 2. The van der Waals surface area contributed by atoms with E-state index >= 15 is 0 Å². The summed E-state index contributed by atoms with van der Waals surface area (Å²) in [4.78, 5) is 26.2. The quantitative estimate of drug-likeness (QED) is 0.828. The minimum Gasteiger partial charge on any atom is -0.368 e. The molecule has 2 heterocycles. The summed E-state index contributed by atoms with van der Waals surface area (Å²) in [5.41, 5.74) is 7.77. The maximum Gasteiger partial charge on any atom is 0.240 e. The fourth-order valence-corrected chi connectivity index (χ4v) is 3.31. The minimum absolute atomic E-state index is 0.0362. The van der Waals surface area contributed by atoms with Gasteiger partial charge in [-0.1, -0.05) is 24.3 Å². The summed E-state index contributed by atoms with van der Waals surface area (Å²) >= 11 is 0. The number of nitrogens with one attached hydrogen (secondary N) is 1. The Morgan fingerprint density at radius 3 is 2.67 bits per heavy atom. The molecule has 0 saturated carbocycles. The lowest BCUT2D eigenvalue weighted by Gasteiger charge is -2.38. The highest BCUT2D eigenvalue weighted by Crippen LogP contribution is 2.26. The molecule has 0 radical (unpaired) electrons. The molecule has 3 rings (SSSR count). The van der Waals surface area contributed by atoms with Crippen LogP contribution in [0.3, 0.4) is 0 Å². The van der Waals surface area contributed by atoms with E-state index in [4.69, 9.17) is 5.73 Å². The average Bonchev–Trinajstić information content (AvgIpc) is 2.53. The number of rotatable bonds is 2. The molecule has 1 saturated heterocycles. The van der Waals surface area contributed by atoms with Gasteiger partial charge in [0.05, 0.1) is 5.92 Å². The molecule has 2 atom stereocenters. The normalized spacial score (nSPS) is 25.2. The van der Waals surface area contributed by atoms with Gasteiger partial charge in [-0.15, -0.1) is 0 Å². The number of carbonyl (C=O) groups excluding carboxylic acids is 2. The molecule has 3 N–H and O–H groups in total. The highest BCUT2D eigenvalue weighted by Gasteiger charge is 2.36. The predicted molar refractivity (Wildman–Crippen MR) is 79.3 cm³/mol. The zero-order chi connectivity index (χ0) is 14.8. The maximum absolute atomic E-state index is 12.8. The van der Waals surface area contributed by atoms with Crippen molar-refractivity contribution in [3.05, 3.63) is 35.4 Å². The van der Waals surface area contributed by atoms with Crippen LogP contribution in [-0.4, -0.2) is 35.8 Å². The monoisotopic (exact) mass is 287 g/mol. The molecule has 2 aliphatic heterocycles. The Hall–Kier alpha value is -1.88. The predicted octanol–water partition coefficient (Wildman–Crippen LogP) is 0.425. The van der Waals surface area contributed by atoms with Crippen molar-refractivity contribution in [1.29, 1.82) is 0 Å². The molecule has 5 nitrogen and oxygen atoms in total. The van der Waals surface area contributed by atoms with Gasteiger partial charge in [-0.25, -0.2) is 0 Å². The number of nitrogens with zero attached hydrogens (tertiary/aromatic N) is 1. The van der Waals surface area contributed by atoms with Crippen LogP contribution in [0, 0.1) is 5.92 Å². The Bertz CT molecular complexity index is 552. The number of piperidine rings is 1. The van der Waals surface area contributed by atoms with Crippen LogP contribution in [0.2, 0.25) is 0 Å². The third kappa shape index (κ3) is 2.78. The first-order valence-corrected chi connectivity index (χ1v) is 7.54. The standard InChI is InChI=1S/C16H21N3O2/c17-15(20)14-8-11-4-1-2-5-13(11)10-19(14)16(21)12-6-3-7-18-9-12/h1-2,4-5,12,14,18H,3,6-10H2,(H2,17,20). The molecule has 1 aromatic rings. The van der Waals surface area contributed by atoms with Crippen LogP contribution in [0.5, 0.6) is 0 Å². The molecule has 21 heavy (non-hydrogen) atoms. The van der Waals surface area contributed by atoms with Crippen molar-refractivity contribution >= 4 is 11.8 Å². The van der Waals surface area contributed by atoms with Crippen molar-refractivity contribution in [2.24, 2.45) is 11.7 Å². The van der Waals surface area contributed by atoms with E-state index in [2.05, 4.69) is 5.32 Å². The van der Waals surface area contributed by atoms with Crippen LogP contribution < -0.4 is 11.1 Å². The van der Waals surface area contributed by atoms with Gasteiger partial charge in [-0.05, 0) is 30.5 Å². The molecule has 2 unspecified atom stereocenters. The zero-order valence-electron chi connectivity index (χ0n) is 12.0. The largest absolute Gasteiger partial charge is 0.368 e. The van der Waals surface area contributed by atoms with E-state index in [1.807, 2.05) is 24.3 Å². The minimum atomic E-state index is -0.519. The number of fused-ring (bicyclic) bond motifs is 1. The highest BCUT2D eigenvalue weighted by atomic mass is 16.2. The fourth-order valence-electron chi connectivity index (χ4n) is 3.31. The number of carbonyl (C=O) groups is 2. The Morgan fingerprint density at radius 1 is 1.24 bits per heavy atom. The molecular formula is C16H21N3O2. The molecule has 0 aliphatic carbocycles. The molecule has 0 bridgehead atoms. The third-order valence-electron chi connectivity index (χ3n) is 4.51. The first-order valence-electron chi connectivity index (χ1n) is 7.54. The van der Waals surface area contributed by atoms with E-state index in [1.54, 1.807) is 4.90 Å². The van der Waals surface area contributed by atoms with E-state index in [0.717, 1.165) is 30.5 Å². The van der Waals surface area contributed by atoms with Gasteiger partial charge in [0.2, 0.25) is 11.8 Å². The van der Waals surface area contributed by atoms with Gasteiger partial charge in [0.1, 0.15) is 6.04 Å².